The Labute approximate surface area is 114 Å². The Kier molecular flexibility index (Phi) is 8.83. The Morgan fingerprint density at radius 1 is 1.44 bits per heavy atom. The number of likely N-dealkylation sites (N-methyl/N-ethyl adjacent to an activating group) is 1. The van der Waals surface area contributed by atoms with Crippen LogP contribution in [-0.4, -0.2) is 61.6 Å². The second kappa shape index (κ2) is 9.22. The van der Waals surface area contributed by atoms with Crippen molar-refractivity contribution in [2.24, 2.45) is 0 Å². The SMILES string of the molecule is COC(=O)C(CN(C)C(C)CCSC)NC(C)=O. The number of carbonyl (C=O) groups excluding carboxylic acids is 2. The van der Waals surface area contributed by atoms with E-state index in [9.17, 15) is 9.59 Å². The van der Waals surface area contributed by atoms with Crippen LogP contribution in [0.2, 0.25) is 0 Å². The van der Waals surface area contributed by atoms with Crippen LogP contribution >= 0.6 is 11.8 Å². The molecule has 0 saturated heterocycles. The van der Waals surface area contributed by atoms with Crippen LogP contribution in [0, 0.1) is 0 Å². The van der Waals surface area contributed by atoms with Crippen molar-refractivity contribution >= 4 is 23.6 Å². The molecule has 106 valence electrons. The van der Waals surface area contributed by atoms with Crippen molar-refractivity contribution in [3.8, 4) is 0 Å². The second-order valence-corrected chi connectivity index (χ2v) is 5.33. The van der Waals surface area contributed by atoms with Crippen LogP contribution in [0.3, 0.4) is 0 Å². The molecule has 6 heteroatoms. The van der Waals surface area contributed by atoms with E-state index in [1.54, 1.807) is 11.8 Å². The monoisotopic (exact) mass is 276 g/mol. The van der Waals surface area contributed by atoms with Gasteiger partial charge in [-0.15, -0.1) is 0 Å². The molecule has 1 amide bonds. The minimum absolute atomic E-state index is 0.226. The first-order valence-corrected chi connectivity index (χ1v) is 7.35. The highest BCUT2D eigenvalue weighted by atomic mass is 32.2. The molecule has 0 heterocycles. The zero-order valence-corrected chi connectivity index (χ0v) is 12.7. The van der Waals surface area contributed by atoms with E-state index in [0.29, 0.717) is 12.6 Å². The summed E-state index contributed by atoms with van der Waals surface area (Å²) in [6, 6.07) is -0.243. The van der Waals surface area contributed by atoms with Crippen molar-refractivity contribution < 1.29 is 14.3 Å². The third-order valence-electron chi connectivity index (χ3n) is 2.83. The minimum atomic E-state index is -0.603. The fourth-order valence-corrected chi connectivity index (χ4v) is 2.12. The van der Waals surface area contributed by atoms with Crippen LogP contribution in [-0.2, 0) is 14.3 Å². The lowest BCUT2D eigenvalue weighted by atomic mass is 10.2. The summed E-state index contributed by atoms with van der Waals surface area (Å²) in [5.41, 5.74) is 0. The molecule has 0 aromatic rings. The van der Waals surface area contributed by atoms with Gasteiger partial charge in [-0.25, -0.2) is 4.79 Å². The van der Waals surface area contributed by atoms with Gasteiger partial charge in [0, 0.05) is 19.5 Å². The molecule has 0 saturated carbocycles. The number of nitrogens with one attached hydrogen (secondary N) is 1. The van der Waals surface area contributed by atoms with Gasteiger partial charge in [0.05, 0.1) is 7.11 Å². The quantitative estimate of drug-likeness (QED) is 0.663. The number of carbonyl (C=O) groups is 2. The Balaban J connectivity index is 4.37. The van der Waals surface area contributed by atoms with Gasteiger partial charge in [-0.05, 0) is 32.4 Å². The van der Waals surface area contributed by atoms with Crippen LogP contribution in [0.4, 0.5) is 0 Å². The number of amides is 1. The van der Waals surface area contributed by atoms with Crippen molar-refractivity contribution in [2.75, 3.05) is 32.7 Å². The zero-order chi connectivity index (χ0) is 14.1. The maximum absolute atomic E-state index is 11.6. The van der Waals surface area contributed by atoms with E-state index in [2.05, 4.69) is 23.4 Å². The third-order valence-corrected chi connectivity index (χ3v) is 3.47. The predicted octanol–water partition coefficient (Wildman–Crippen LogP) is 0.737. The van der Waals surface area contributed by atoms with Gasteiger partial charge >= 0.3 is 5.97 Å². The molecule has 0 aliphatic heterocycles. The first kappa shape index (κ1) is 17.2. The lowest BCUT2D eigenvalue weighted by Gasteiger charge is -2.28. The molecular weight excluding hydrogens is 252 g/mol. The van der Waals surface area contributed by atoms with E-state index in [1.807, 2.05) is 7.05 Å². The van der Waals surface area contributed by atoms with E-state index >= 15 is 0 Å². The number of hydrogen-bond donors (Lipinski definition) is 1. The summed E-state index contributed by atoms with van der Waals surface area (Å²) in [6.45, 7) is 3.97. The predicted molar refractivity (Wildman–Crippen MR) is 74.7 cm³/mol. The first-order chi connectivity index (χ1) is 8.42. The molecule has 0 radical (unpaired) electrons. The zero-order valence-electron chi connectivity index (χ0n) is 11.9. The summed E-state index contributed by atoms with van der Waals surface area (Å²) in [5.74, 6) is 0.443. The standard InChI is InChI=1S/C12H24N2O3S/c1-9(6-7-18-5)14(3)8-11(12(16)17-4)13-10(2)15/h9,11H,6-8H2,1-5H3,(H,13,15). The number of rotatable bonds is 8. The van der Waals surface area contributed by atoms with E-state index in [1.165, 1.54) is 14.0 Å². The summed E-state index contributed by atoms with van der Waals surface area (Å²) in [4.78, 5) is 24.7. The van der Waals surface area contributed by atoms with E-state index in [-0.39, 0.29) is 5.91 Å². The minimum Gasteiger partial charge on any atom is -0.467 e. The molecule has 1 N–H and O–H groups in total. The molecule has 0 aromatic heterocycles. The molecule has 5 nitrogen and oxygen atoms in total. The van der Waals surface area contributed by atoms with Gasteiger partial charge in [-0.1, -0.05) is 0 Å². The van der Waals surface area contributed by atoms with E-state index in [4.69, 9.17) is 4.74 Å². The Morgan fingerprint density at radius 3 is 2.50 bits per heavy atom. The average Bonchev–Trinajstić information content (AvgIpc) is 2.33. The van der Waals surface area contributed by atoms with E-state index in [0.717, 1.165) is 12.2 Å². The van der Waals surface area contributed by atoms with Gasteiger partial charge in [0.1, 0.15) is 6.04 Å². The average molecular weight is 276 g/mol. The van der Waals surface area contributed by atoms with Gasteiger partial charge in [0.15, 0.2) is 0 Å². The summed E-state index contributed by atoms with van der Waals surface area (Å²) >= 11 is 1.80. The molecule has 2 unspecified atom stereocenters. The molecule has 0 aromatic carbocycles. The van der Waals surface area contributed by atoms with Crippen LogP contribution in [0.1, 0.15) is 20.3 Å². The van der Waals surface area contributed by atoms with Gasteiger partial charge < -0.3 is 15.0 Å². The number of nitrogens with zero attached hydrogens (tertiary/aromatic N) is 1. The summed E-state index contributed by atoms with van der Waals surface area (Å²) in [6.07, 6.45) is 3.12. The number of thioether (sulfide) groups is 1. The van der Waals surface area contributed by atoms with Crippen LogP contribution in [0.15, 0.2) is 0 Å². The number of ether oxygens (including phenoxy) is 1. The summed E-state index contributed by atoms with van der Waals surface area (Å²) in [5, 5.41) is 2.61. The maximum atomic E-state index is 11.6. The van der Waals surface area contributed by atoms with Gasteiger partial charge in [0.2, 0.25) is 5.91 Å². The Hall–Kier alpha value is -0.750. The molecule has 0 rings (SSSR count). The highest BCUT2D eigenvalue weighted by molar-refractivity contribution is 7.98. The topological polar surface area (TPSA) is 58.6 Å². The first-order valence-electron chi connectivity index (χ1n) is 5.96. The highest BCUT2D eigenvalue weighted by Crippen LogP contribution is 2.07. The molecule has 18 heavy (non-hydrogen) atoms. The fraction of sp³-hybridized carbons (Fsp3) is 0.833. The molecule has 0 spiro atoms. The van der Waals surface area contributed by atoms with E-state index < -0.39 is 12.0 Å². The second-order valence-electron chi connectivity index (χ2n) is 4.35. The number of methoxy groups -OCH3 is 1. The van der Waals surface area contributed by atoms with Gasteiger partial charge in [-0.2, -0.15) is 11.8 Å². The van der Waals surface area contributed by atoms with Gasteiger partial charge in [0.25, 0.3) is 0 Å². The third kappa shape index (κ3) is 6.86. The van der Waals surface area contributed by atoms with Crippen LogP contribution < -0.4 is 5.32 Å². The van der Waals surface area contributed by atoms with Crippen molar-refractivity contribution in [1.82, 2.24) is 10.2 Å². The van der Waals surface area contributed by atoms with Crippen molar-refractivity contribution in [1.29, 1.82) is 0 Å². The van der Waals surface area contributed by atoms with Crippen molar-refractivity contribution in [3.63, 3.8) is 0 Å². The molecule has 2 atom stereocenters. The molecule has 0 aliphatic carbocycles. The smallest absolute Gasteiger partial charge is 0.329 e. The lowest BCUT2D eigenvalue weighted by Crippen LogP contribution is -2.49. The number of hydrogen-bond acceptors (Lipinski definition) is 5. The molecule has 0 fully saturated rings. The normalized spacial score (nSPS) is 14.1. The van der Waals surface area contributed by atoms with Gasteiger partial charge in [-0.3, -0.25) is 4.79 Å². The molecular formula is C12H24N2O3S. The van der Waals surface area contributed by atoms with Crippen LogP contribution in [0.5, 0.6) is 0 Å². The van der Waals surface area contributed by atoms with Crippen molar-refractivity contribution in [2.45, 2.75) is 32.4 Å². The summed E-state index contributed by atoms with van der Waals surface area (Å²) < 4.78 is 4.69. The fourth-order valence-electron chi connectivity index (χ4n) is 1.54. The molecule has 0 bridgehead atoms. The Morgan fingerprint density at radius 2 is 2.06 bits per heavy atom. The van der Waals surface area contributed by atoms with Crippen molar-refractivity contribution in [3.05, 3.63) is 0 Å². The van der Waals surface area contributed by atoms with Crippen LogP contribution in [0.25, 0.3) is 0 Å². The highest BCUT2D eigenvalue weighted by Gasteiger charge is 2.23. The molecule has 0 aliphatic rings. The lowest BCUT2D eigenvalue weighted by molar-refractivity contribution is -0.145. The largest absolute Gasteiger partial charge is 0.467 e. The summed E-state index contributed by atoms with van der Waals surface area (Å²) in [7, 11) is 3.27. The maximum Gasteiger partial charge on any atom is 0.329 e. The Bertz CT molecular complexity index is 274. The number of esters is 1.